The van der Waals surface area contributed by atoms with E-state index in [4.69, 9.17) is 0 Å². The van der Waals surface area contributed by atoms with Gasteiger partial charge in [-0.2, -0.15) is 4.37 Å². The Kier molecular flexibility index (Phi) is 4.22. The minimum atomic E-state index is 0.0182. The number of hydrogen-bond donors (Lipinski definition) is 2. The molecule has 4 nitrogen and oxygen atoms in total. The van der Waals surface area contributed by atoms with Crippen LogP contribution in [0.15, 0.2) is 0 Å². The van der Waals surface area contributed by atoms with Crippen LogP contribution in [0.1, 0.15) is 48.7 Å². The first-order valence-electron chi connectivity index (χ1n) is 6.56. The van der Waals surface area contributed by atoms with Crippen LogP contribution in [0, 0.1) is 12.8 Å². The summed E-state index contributed by atoms with van der Waals surface area (Å²) in [5.74, 6) is 0.735. The lowest BCUT2D eigenvalue weighted by molar-refractivity contribution is 0.0922. The second-order valence-corrected chi connectivity index (χ2v) is 5.94. The largest absolute Gasteiger partial charge is 0.378 e. The predicted octanol–water partition coefficient (Wildman–Crippen LogP) is 2.80. The number of nitrogens with zero attached hydrogens (tertiary/aromatic N) is 1. The molecule has 100 valence electrons. The van der Waals surface area contributed by atoms with Gasteiger partial charge < -0.3 is 10.6 Å². The van der Waals surface area contributed by atoms with Gasteiger partial charge in [-0.3, -0.25) is 4.79 Å². The van der Waals surface area contributed by atoms with E-state index in [9.17, 15) is 4.79 Å². The Balaban J connectivity index is 2.05. The molecule has 1 heterocycles. The van der Waals surface area contributed by atoms with E-state index in [0.29, 0.717) is 11.6 Å². The first-order valence-corrected chi connectivity index (χ1v) is 7.34. The normalized spacial score (nSPS) is 23.7. The number of rotatable bonds is 3. The van der Waals surface area contributed by atoms with Gasteiger partial charge in [0.05, 0.1) is 11.3 Å². The molecule has 1 amide bonds. The van der Waals surface area contributed by atoms with Crippen molar-refractivity contribution in [2.45, 2.75) is 45.6 Å². The van der Waals surface area contributed by atoms with Gasteiger partial charge in [-0.15, -0.1) is 0 Å². The Bertz CT molecular complexity index is 430. The Morgan fingerprint density at radius 3 is 2.89 bits per heavy atom. The minimum absolute atomic E-state index is 0.0182. The van der Waals surface area contributed by atoms with Crippen LogP contribution in [-0.4, -0.2) is 23.4 Å². The topological polar surface area (TPSA) is 54.0 Å². The molecule has 1 aromatic rings. The number of hydrogen-bond acceptors (Lipinski definition) is 4. The van der Waals surface area contributed by atoms with Crippen LogP contribution < -0.4 is 10.6 Å². The number of aromatic nitrogens is 1. The van der Waals surface area contributed by atoms with Crippen molar-refractivity contribution >= 4 is 22.4 Å². The van der Waals surface area contributed by atoms with Crippen molar-refractivity contribution in [1.82, 2.24) is 9.69 Å². The summed E-state index contributed by atoms with van der Waals surface area (Å²) >= 11 is 1.35. The average Bonchev–Trinajstić information content (AvgIpc) is 2.70. The van der Waals surface area contributed by atoms with Crippen molar-refractivity contribution in [3.63, 3.8) is 0 Å². The zero-order valence-corrected chi connectivity index (χ0v) is 12.1. The third-order valence-electron chi connectivity index (χ3n) is 3.59. The van der Waals surface area contributed by atoms with E-state index in [0.717, 1.165) is 29.5 Å². The van der Waals surface area contributed by atoms with E-state index in [1.807, 2.05) is 14.0 Å². The Labute approximate surface area is 112 Å². The smallest absolute Gasteiger partial charge is 0.256 e. The highest BCUT2D eigenvalue weighted by molar-refractivity contribution is 7.10. The molecule has 2 rings (SSSR count). The Hall–Kier alpha value is -1.10. The van der Waals surface area contributed by atoms with Crippen LogP contribution in [0.2, 0.25) is 0 Å². The van der Waals surface area contributed by atoms with Gasteiger partial charge in [-0.05, 0) is 37.2 Å². The van der Waals surface area contributed by atoms with Crippen molar-refractivity contribution in [2.24, 2.45) is 5.92 Å². The summed E-state index contributed by atoms with van der Waals surface area (Å²) < 4.78 is 4.23. The molecule has 2 N–H and O–H groups in total. The summed E-state index contributed by atoms with van der Waals surface area (Å²) in [7, 11) is 1.83. The van der Waals surface area contributed by atoms with Gasteiger partial charge >= 0.3 is 0 Å². The fourth-order valence-corrected chi connectivity index (χ4v) is 3.37. The summed E-state index contributed by atoms with van der Waals surface area (Å²) in [4.78, 5) is 12.3. The van der Waals surface area contributed by atoms with E-state index >= 15 is 0 Å². The number of aryl methyl sites for hydroxylation is 1. The number of anilines is 1. The summed E-state index contributed by atoms with van der Waals surface area (Å²) in [6.07, 6.45) is 4.69. The highest BCUT2D eigenvalue weighted by Gasteiger charge is 2.24. The van der Waals surface area contributed by atoms with Gasteiger partial charge in [0.25, 0.3) is 5.91 Å². The molecule has 1 saturated carbocycles. The van der Waals surface area contributed by atoms with Crippen molar-refractivity contribution in [2.75, 3.05) is 12.4 Å². The molecule has 0 saturated heterocycles. The van der Waals surface area contributed by atoms with Crippen molar-refractivity contribution in [3.8, 4) is 0 Å². The second kappa shape index (κ2) is 5.69. The van der Waals surface area contributed by atoms with Crippen LogP contribution in [0.25, 0.3) is 0 Å². The zero-order chi connectivity index (χ0) is 13.1. The van der Waals surface area contributed by atoms with Gasteiger partial charge in [0.2, 0.25) is 0 Å². The molecule has 0 spiro atoms. The lowest BCUT2D eigenvalue weighted by Crippen LogP contribution is -2.38. The molecule has 0 aromatic carbocycles. The molecule has 1 aliphatic rings. The first kappa shape index (κ1) is 13.3. The minimum Gasteiger partial charge on any atom is -0.378 e. The van der Waals surface area contributed by atoms with Crippen LogP contribution >= 0.6 is 11.5 Å². The number of carbonyl (C=O) groups excluding carboxylic acids is 1. The molecule has 5 heteroatoms. The molecule has 0 aliphatic heterocycles. The fraction of sp³-hybridized carbons (Fsp3) is 0.692. The third-order valence-corrected chi connectivity index (χ3v) is 4.54. The summed E-state index contributed by atoms with van der Waals surface area (Å²) in [6.45, 7) is 4.14. The van der Waals surface area contributed by atoms with Crippen molar-refractivity contribution in [3.05, 3.63) is 11.3 Å². The molecule has 1 fully saturated rings. The standard InChI is InChI=1S/C13H21N3OS/c1-8-5-4-6-10(7-8)15-12(17)11-9(2)16-18-13(11)14-3/h8,10,14H,4-7H2,1-3H3,(H,15,17)/t8-,10+/m0/s1. The lowest BCUT2D eigenvalue weighted by atomic mass is 9.87. The molecular weight excluding hydrogens is 246 g/mol. The van der Waals surface area contributed by atoms with Crippen molar-refractivity contribution in [1.29, 1.82) is 0 Å². The molecule has 0 bridgehead atoms. The number of amides is 1. The zero-order valence-electron chi connectivity index (χ0n) is 11.2. The van der Waals surface area contributed by atoms with E-state index in [2.05, 4.69) is 21.9 Å². The number of carbonyl (C=O) groups is 1. The van der Waals surface area contributed by atoms with Gasteiger partial charge in [0.15, 0.2) is 0 Å². The highest BCUT2D eigenvalue weighted by Crippen LogP contribution is 2.26. The maximum absolute atomic E-state index is 12.3. The number of nitrogens with one attached hydrogen (secondary N) is 2. The van der Waals surface area contributed by atoms with E-state index < -0.39 is 0 Å². The molecule has 0 unspecified atom stereocenters. The monoisotopic (exact) mass is 267 g/mol. The molecule has 1 aliphatic carbocycles. The van der Waals surface area contributed by atoms with E-state index in [1.165, 1.54) is 24.4 Å². The van der Waals surface area contributed by atoms with Gasteiger partial charge in [0, 0.05) is 13.1 Å². The maximum Gasteiger partial charge on any atom is 0.256 e. The maximum atomic E-state index is 12.3. The average molecular weight is 267 g/mol. The SMILES string of the molecule is CNc1snc(C)c1C(=O)N[C@@H]1CCC[C@H](C)C1. The predicted molar refractivity (Wildman–Crippen MR) is 75.3 cm³/mol. The molecule has 2 atom stereocenters. The summed E-state index contributed by atoms with van der Waals surface area (Å²) in [5.41, 5.74) is 1.52. The molecular formula is C13H21N3OS. The molecule has 18 heavy (non-hydrogen) atoms. The summed E-state index contributed by atoms with van der Waals surface area (Å²) in [6, 6.07) is 0.324. The Morgan fingerprint density at radius 1 is 1.44 bits per heavy atom. The first-order chi connectivity index (χ1) is 8.61. The second-order valence-electron chi connectivity index (χ2n) is 5.16. The highest BCUT2D eigenvalue weighted by atomic mass is 32.1. The summed E-state index contributed by atoms with van der Waals surface area (Å²) in [5, 5.41) is 7.05. The molecule has 0 radical (unpaired) electrons. The van der Waals surface area contributed by atoms with Crippen LogP contribution in [0.5, 0.6) is 0 Å². The lowest BCUT2D eigenvalue weighted by Gasteiger charge is -2.27. The van der Waals surface area contributed by atoms with Crippen LogP contribution in [0.3, 0.4) is 0 Å². The Morgan fingerprint density at radius 2 is 2.22 bits per heavy atom. The fourth-order valence-electron chi connectivity index (χ4n) is 2.63. The van der Waals surface area contributed by atoms with Crippen LogP contribution in [0.4, 0.5) is 5.00 Å². The quantitative estimate of drug-likeness (QED) is 0.885. The van der Waals surface area contributed by atoms with Gasteiger partial charge in [0.1, 0.15) is 5.00 Å². The van der Waals surface area contributed by atoms with E-state index in [-0.39, 0.29) is 5.91 Å². The van der Waals surface area contributed by atoms with Gasteiger partial charge in [-0.1, -0.05) is 19.8 Å². The van der Waals surface area contributed by atoms with Gasteiger partial charge in [-0.25, -0.2) is 0 Å². The third kappa shape index (κ3) is 2.83. The van der Waals surface area contributed by atoms with Crippen LogP contribution in [-0.2, 0) is 0 Å². The molecule has 1 aromatic heterocycles. The van der Waals surface area contributed by atoms with Crippen molar-refractivity contribution < 1.29 is 4.79 Å². The van der Waals surface area contributed by atoms with E-state index in [1.54, 1.807) is 0 Å².